The molecule has 3 N–H and O–H groups in total. The predicted molar refractivity (Wildman–Crippen MR) is 74.5 cm³/mol. The summed E-state index contributed by atoms with van der Waals surface area (Å²) in [6, 6.07) is 11.9. The van der Waals surface area contributed by atoms with E-state index in [1.54, 1.807) is 6.07 Å². The molecule has 2 rings (SSSR count). The maximum Gasteiger partial charge on any atom is 0.252 e. The lowest BCUT2D eigenvalue weighted by molar-refractivity contribution is 0.867. The first kappa shape index (κ1) is 12.6. The van der Waals surface area contributed by atoms with Gasteiger partial charge in [-0.1, -0.05) is 44.2 Å². The molecular formula is C15H18N2O. The first-order valence-corrected chi connectivity index (χ1v) is 6.14. The molecule has 18 heavy (non-hydrogen) atoms. The van der Waals surface area contributed by atoms with E-state index >= 15 is 0 Å². The van der Waals surface area contributed by atoms with E-state index in [1.165, 1.54) is 5.56 Å². The number of nitrogens with one attached hydrogen (secondary N) is 1. The monoisotopic (exact) mass is 242 g/mol. The Labute approximate surface area is 107 Å². The SMILES string of the molecule is CC(C)c1ccc(-c2ccc(CN)c(=O)[nH]2)cc1. The maximum atomic E-state index is 11.7. The Morgan fingerprint density at radius 1 is 1.11 bits per heavy atom. The lowest BCUT2D eigenvalue weighted by atomic mass is 10.0. The van der Waals surface area contributed by atoms with Crippen LogP contribution in [0, 0.1) is 0 Å². The highest BCUT2D eigenvalue weighted by Gasteiger charge is 2.03. The highest BCUT2D eigenvalue weighted by Crippen LogP contribution is 2.20. The van der Waals surface area contributed by atoms with E-state index in [-0.39, 0.29) is 12.1 Å². The summed E-state index contributed by atoms with van der Waals surface area (Å²) < 4.78 is 0. The molecule has 0 spiro atoms. The van der Waals surface area contributed by atoms with Gasteiger partial charge >= 0.3 is 0 Å². The third-order valence-electron chi connectivity index (χ3n) is 3.10. The Hall–Kier alpha value is -1.87. The van der Waals surface area contributed by atoms with Gasteiger partial charge in [0.05, 0.1) is 0 Å². The Bertz CT molecular complexity index is 582. The molecule has 3 nitrogen and oxygen atoms in total. The van der Waals surface area contributed by atoms with Crippen LogP contribution in [0.15, 0.2) is 41.2 Å². The van der Waals surface area contributed by atoms with Crippen molar-refractivity contribution in [3.8, 4) is 11.3 Å². The Kier molecular flexibility index (Phi) is 3.63. The second-order valence-corrected chi connectivity index (χ2v) is 4.71. The van der Waals surface area contributed by atoms with Crippen molar-refractivity contribution in [1.29, 1.82) is 0 Å². The quantitative estimate of drug-likeness (QED) is 0.869. The second kappa shape index (κ2) is 5.19. The van der Waals surface area contributed by atoms with Crippen molar-refractivity contribution in [2.45, 2.75) is 26.3 Å². The van der Waals surface area contributed by atoms with Crippen LogP contribution in [0.1, 0.15) is 30.9 Å². The molecule has 1 heterocycles. The van der Waals surface area contributed by atoms with E-state index in [1.807, 2.05) is 18.2 Å². The standard InChI is InChI=1S/C15H18N2O/c1-10(2)11-3-5-12(6-4-11)14-8-7-13(9-16)15(18)17-14/h3-8,10H,9,16H2,1-2H3,(H,17,18). The van der Waals surface area contributed by atoms with Crippen LogP contribution in [0.3, 0.4) is 0 Å². The Morgan fingerprint density at radius 3 is 2.28 bits per heavy atom. The molecule has 94 valence electrons. The summed E-state index contributed by atoms with van der Waals surface area (Å²) >= 11 is 0. The molecule has 0 aliphatic carbocycles. The topological polar surface area (TPSA) is 58.9 Å². The lowest BCUT2D eigenvalue weighted by Gasteiger charge is -2.07. The van der Waals surface area contributed by atoms with E-state index < -0.39 is 0 Å². The first-order chi connectivity index (χ1) is 8.61. The summed E-state index contributed by atoms with van der Waals surface area (Å²) in [6.45, 7) is 4.59. The van der Waals surface area contributed by atoms with Crippen molar-refractivity contribution in [3.63, 3.8) is 0 Å². The summed E-state index contributed by atoms with van der Waals surface area (Å²) in [5, 5.41) is 0. The molecule has 0 fully saturated rings. The van der Waals surface area contributed by atoms with Crippen LogP contribution in [0.2, 0.25) is 0 Å². The van der Waals surface area contributed by atoms with Crippen LogP contribution in [0.25, 0.3) is 11.3 Å². The smallest absolute Gasteiger partial charge is 0.252 e. The van der Waals surface area contributed by atoms with Crippen molar-refractivity contribution in [3.05, 3.63) is 57.9 Å². The molecule has 0 aliphatic rings. The highest BCUT2D eigenvalue weighted by molar-refractivity contribution is 5.59. The molecule has 3 heteroatoms. The van der Waals surface area contributed by atoms with Gasteiger partial charge in [-0.2, -0.15) is 0 Å². The zero-order valence-corrected chi connectivity index (χ0v) is 10.7. The average Bonchev–Trinajstić information content (AvgIpc) is 2.38. The normalized spacial score (nSPS) is 10.9. The summed E-state index contributed by atoms with van der Waals surface area (Å²) in [6.07, 6.45) is 0. The zero-order chi connectivity index (χ0) is 13.1. The summed E-state index contributed by atoms with van der Waals surface area (Å²) in [5.74, 6) is 0.512. The van der Waals surface area contributed by atoms with Crippen LogP contribution >= 0.6 is 0 Å². The molecule has 0 radical (unpaired) electrons. The van der Waals surface area contributed by atoms with Crippen molar-refractivity contribution in [2.24, 2.45) is 5.73 Å². The lowest BCUT2D eigenvalue weighted by Crippen LogP contribution is -2.15. The minimum absolute atomic E-state index is 0.108. The summed E-state index contributed by atoms with van der Waals surface area (Å²) in [7, 11) is 0. The molecule has 0 saturated heterocycles. The third-order valence-corrected chi connectivity index (χ3v) is 3.10. The molecule has 1 aromatic heterocycles. The van der Waals surface area contributed by atoms with Gasteiger partial charge < -0.3 is 10.7 Å². The van der Waals surface area contributed by atoms with Crippen molar-refractivity contribution >= 4 is 0 Å². The van der Waals surface area contributed by atoms with E-state index in [0.717, 1.165) is 11.3 Å². The molecule has 0 bridgehead atoms. The number of pyridine rings is 1. The van der Waals surface area contributed by atoms with Crippen molar-refractivity contribution in [2.75, 3.05) is 0 Å². The molecule has 1 aromatic carbocycles. The minimum Gasteiger partial charge on any atom is -0.326 e. The predicted octanol–water partition coefficient (Wildman–Crippen LogP) is 2.62. The minimum atomic E-state index is -0.108. The number of benzene rings is 1. The van der Waals surface area contributed by atoms with Crippen LogP contribution in [-0.2, 0) is 6.54 Å². The van der Waals surface area contributed by atoms with Gasteiger partial charge in [0.15, 0.2) is 0 Å². The summed E-state index contributed by atoms with van der Waals surface area (Å²) in [4.78, 5) is 14.5. The van der Waals surface area contributed by atoms with Crippen LogP contribution in [-0.4, -0.2) is 4.98 Å². The number of aromatic amines is 1. The number of rotatable bonds is 3. The van der Waals surface area contributed by atoms with Crippen molar-refractivity contribution in [1.82, 2.24) is 4.98 Å². The van der Waals surface area contributed by atoms with Crippen LogP contribution in [0.4, 0.5) is 0 Å². The fourth-order valence-corrected chi connectivity index (χ4v) is 1.88. The zero-order valence-electron chi connectivity index (χ0n) is 10.7. The van der Waals surface area contributed by atoms with Crippen LogP contribution in [0.5, 0.6) is 0 Å². The molecule has 0 aliphatic heterocycles. The molecule has 2 aromatic rings. The first-order valence-electron chi connectivity index (χ1n) is 6.14. The van der Waals surface area contributed by atoms with E-state index in [0.29, 0.717) is 11.5 Å². The van der Waals surface area contributed by atoms with E-state index in [9.17, 15) is 4.79 Å². The van der Waals surface area contributed by atoms with Gasteiger partial charge in [-0.05, 0) is 23.1 Å². The molecule has 0 unspecified atom stereocenters. The van der Waals surface area contributed by atoms with E-state index in [4.69, 9.17) is 5.73 Å². The largest absolute Gasteiger partial charge is 0.326 e. The van der Waals surface area contributed by atoms with Gasteiger partial charge in [0.25, 0.3) is 5.56 Å². The Morgan fingerprint density at radius 2 is 1.78 bits per heavy atom. The van der Waals surface area contributed by atoms with Gasteiger partial charge in [0.2, 0.25) is 0 Å². The number of H-pyrrole nitrogens is 1. The van der Waals surface area contributed by atoms with Gasteiger partial charge in [-0.25, -0.2) is 0 Å². The number of hydrogen-bond donors (Lipinski definition) is 2. The molecular weight excluding hydrogens is 224 g/mol. The van der Waals surface area contributed by atoms with Gasteiger partial charge in [0, 0.05) is 17.8 Å². The molecule has 0 amide bonds. The fourth-order valence-electron chi connectivity index (χ4n) is 1.88. The average molecular weight is 242 g/mol. The highest BCUT2D eigenvalue weighted by atomic mass is 16.1. The summed E-state index contributed by atoms with van der Waals surface area (Å²) in [5.41, 5.74) is 9.10. The maximum absolute atomic E-state index is 11.7. The second-order valence-electron chi connectivity index (χ2n) is 4.71. The fraction of sp³-hybridized carbons (Fsp3) is 0.267. The van der Waals surface area contributed by atoms with Crippen LogP contribution < -0.4 is 11.3 Å². The van der Waals surface area contributed by atoms with Crippen molar-refractivity contribution < 1.29 is 0 Å². The van der Waals surface area contributed by atoms with Gasteiger partial charge in [0.1, 0.15) is 0 Å². The Balaban J connectivity index is 2.37. The third kappa shape index (κ3) is 2.51. The van der Waals surface area contributed by atoms with Gasteiger partial charge in [-0.15, -0.1) is 0 Å². The number of nitrogens with two attached hydrogens (primary N) is 1. The molecule has 0 saturated carbocycles. The van der Waals surface area contributed by atoms with Gasteiger partial charge in [-0.3, -0.25) is 4.79 Å². The van der Waals surface area contributed by atoms with E-state index in [2.05, 4.69) is 31.0 Å². The number of aromatic nitrogens is 1. The molecule has 0 atom stereocenters. The number of hydrogen-bond acceptors (Lipinski definition) is 2.